The van der Waals surface area contributed by atoms with E-state index < -0.39 is 99.4 Å². The smallest absolute Gasteiger partial charge is 0.336 e. The average molecular weight is 672 g/mol. The first-order valence-electron chi connectivity index (χ1n) is 12.2. The maximum atomic E-state index is 15.0. The third kappa shape index (κ3) is 8.24. The molecule has 0 aromatic heterocycles. The number of allylic oxidation sites excluding steroid dienone is 1. The van der Waals surface area contributed by atoms with Gasteiger partial charge in [0.25, 0.3) is 0 Å². The van der Waals surface area contributed by atoms with Gasteiger partial charge in [0.15, 0.2) is 5.78 Å². The second-order valence-corrected chi connectivity index (χ2v) is 10.6. The lowest BCUT2D eigenvalue weighted by Gasteiger charge is -2.24. The lowest BCUT2D eigenvalue weighted by atomic mass is 9.90. The van der Waals surface area contributed by atoms with Crippen LogP contribution in [0, 0.1) is 5.41 Å². The molecule has 0 N–H and O–H groups in total. The highest BCUT2D eigenvalue weighted by molar-refractivity contribution is 6.31. The van der Waals surface area contributed by atoms with Crippen LogP contribution in [0.5, 0.6) is 0 Å². The molecule has 2 aromatic carbocycles. The molecule has 17 heteroatoms. The van der Waals surface area contributed by atoms with Crippen molar-refractivity contribution in [3.63, 3.8) is 0 Å². The molecular formula is C27H19ClF13NO2. The first-order chi connectivity index (χ1) is 19.9. The third-order valence-electron chi connectivity index (χ3n) is 6.79. The lowest BCUT2D eigenvalue weighted by molar-refractivity contribution is -0.161. The molecule has 1 aliphatic carbocycles. The normalized spacial score (nSPS) is 16.5. The van der Waals surface area contributed by atoms with Crippen LogP contribution in [0.15, 0.2) is 42.5 Å². The Kier molecular flexibility index (Phi) is 9.51. The fourth-order valence-corrected chi connectivity index (χ4v) is 4.74. The number of alkyl halides is 12. The monoisotopic (exact) mass is 671 g/mol. The quantitative estimate of drug-likeness (QED) is 0.207. The van der Waals surface area contributed by atoms with Crippen molar-refractivity contribution in [1.82, 2.24) is 4.90 Å². The summed E-state index contributed by atoms with van der Waals surface area (Å²) in [5.74, 6) is -7.46. The molecule has 1 aliphatic rings. The molecule has 0 bridgehead atoms. The molecule has 242 valence electrons. The van der Waals surface area contributed by atoms with Crippen LogP contribution in [0.3, 0.4) is 0 Å². The SMILES string of the molecule is CN(CC(F)(F)F)C(=O)C1(CC(=O)c2ccc(/C(F)=C/C(c3ccc(Cl)c(C(F)(F)F)c3)C(F)(F)F)cc2C(F)(F)F)CC1. The second kappa shape index (κ2) is 11.9. The van der Waals surface area contributed by atoms with Gasteiger partial charge in [-0.2, -0.15) is 52.7 Å². The summed E-state index contributed by atoms with van der Waals surface area (Å²) in [4.78, 5) is 25.6. The number of carbonyl (C=O) groups is 2. The minimum Gasteiger partial charge on any atom is -0.336 e. The van der Waals surface area contributed by atoms with Crippen molar-refractivity contribution in [2.45, 2.75) is 49.9 Å². The number of carbonyl (C=O) groups excluding carboxylic acids is 2. The molecule has 3 rings (SSSR count). The van der Waals surface area contributed by atoms with Crippen LogP contribution in [0.25, 0.3) is 5.83 Å². The van der Waals surface area contributed by atoms with Gasteiger partial charge in [0.1, 0.15) is 18.3 Å². The highest BCUT2D eigenvalue weighted by atomic mass is 35.5. The molecule has 2 aromatic rings. The first-order valence-corrected chi connectivity index (χ1v) is 12.6. The summed E-state index contributed by atoms with van der Waals surface area (Å²) >= 11 is 5.41. The second-order valence-electron chi connectivity index (χ2n) is 10.2. The van der Waals surface area contributed by atoms with Crippen molar-refractivity contribution in [3.8, 4) is 0 Å². The molecular weight excluding hydrogens is 653 g/mol. The third-order valence-corrected chi connectivity index (χ3v) is 7.12. The number of ketones is 1. The number of rotatable bonds is 8. The van der Waals surface area contributed by atoms with E-state index in [2.05, 4.69) is 0 Å². The zero-order chi connectivity index (χ0) is 33.6. The zero-order valence-electron chi connectivity index (χ0n) is 22.0. The summed E-state index contributed by atoms with van der Waals surface area (Å²) in [6.07, 6.45) is -22.2. The van der Waals surface area contributed by atoms with E-state index in [-0.39, 0.29) is 36.0 Å². The summed E-state index contributed by atoms with van der Waals surface area (Å²) in [6, 6.07) is 2.00. The highest BCUT2D eigenvalue weighted by Gasteiger charge is 2.54. The summed E-state index contributed by atoms with van der Waals surface area (Å²) in [7, 11) is 0.799. The van der Waals surface area contributed by atoms with Crippen LogP contribution >= 0.6 is 11.6 Å². The first kappa shape index (κ1) is 35.2. The van der Waals surface area contributed by atoms with Crippen LogP contribution < -0.4 is 0 Å². The van der Waals surface area contributed by atoms with E-state index in [4.69, 9.17) is 11.6 Å². The van der Waals surface area contributed by atoms with E-state index in [0.29, 0.717) is 24.3 Å². The van der Waals surface area contributed by atoms with Crippen molar-refractivity contribution < 1.29 is 66.7 Å². The minimum absolute atomic E-state index is 0.00662. The fourth-order valence-electron chi connectivity index (χ4n) is 4.51. The Morgan fingerprint density at radius 1 is 0.886 bits per heavy atom. The molecule has 1 fully saturated rings. The van der Waals surface area contributed by atoms with Gasteiger partial charge in [-0.05, 0) is 42.7 Å². The summed E-state index contributed by atoms with van der Waals surface area (Å²) in [5.41, 5.74) is -8.54. The van der Waals surface area contributed by atoms with E-state index >= 15 is 4.39 Å². The molecule has 1 saturated carbocycles. The predicted octanol–water partition coefficient (Wildman–Crippen LogP) is 9.41. The van der Waals surface area contributed by atoms with Gasteiger partial charge in [-0.3, -0.25) is 9.59 Å². The maximum Gasteiger partial charge on any atom is 0.417 e. The number of benzene rings is 2. The van der Waals surface area contributed by atoms with Gasteiger partial charge in [0.05, 0.1) is 21.6 Å². The molecule has 0 heterocycles. The van der Waals surface area contributed by atoms with E-state index in [1.807, 2.05) is 0 Å². The Hall–Kier alpha value is -3.30. The Bertz CT molecular complexity index is 1450. The van der Waals surface area contributed by atoms with Gasteiger partial charge in [0.2, 0.25) is 5.91 Å². The molecule has 3 nitrogen and oxygen atoms in total. The number of hydrogen-bond donors (Lipinski definition) is 0. The molecule has 1 unspecified atom stereocenters. The maximum absolute atomic E-state index is 15.0. The number of hydrogen-bond acceptors (Lipinski definition) is 2. The van der Waals surface area contributed by atoms with Crippen molar-refractivity contribution in [2.24, 2.45) is 5.41 Å². The summed E-state index contributed by atoms with van der Waals surface area (Å²) in [5, 5.41) is -0.955. The largest absolute Gasteiger partial charge is 0.417 e. The van der Waals surface area contributed by atoms with Crippen molar-refractivity contribution in [2.75, 3.05) is 13.6 Å². The zero-order valence-corrected chi connectivity index (χ0v) is 22.8. The van der Waals surface area contributed by atoms with Crippen LogP contribution in [0.1, 0.15) is 57.8 Å². The van der Waals surface area contributed by atoms with E-state index in [0.717, 1.165) is 7.05 Å². The standard InChI is InChI=1S/C27H19ClF13NO2/c1-42(12-24(30,31)32)22(44)23(6-7-23)11-21(43)15-4-2-14(9-17(15)26(36,37)38)20(29)10-16(25(33,34)35)13-3-5-19(28)18(8-13)27(39,40)41/h2-5,8-10,16H,6-7,11-12H2,1H3/b20-10-. The molecule has 0 saturated heterocycles. The number of nitrogens with zero attached hydrogens (tertiary/aromatic N) is 1. The topological polar surface area (TPSA) is 37.4 Å². The van der Waals surface area contributed by atoms with Crippen molar-refractivity contribution >= 4 is 29.1 Å². The molecule has 0 spiro atoms. The average Bonchev–Trinajstić information content (AvgIpc) is 3.64. The van der Waals surface area contributed by atoms with Crippen molar-refractivity contribution in [1.29, 1.82) is 0 Å². The van der Waals surface area contributed by atoms with Gasteiger partial charge < -0.3 is 4.90 Å². The van der Waals surface area contributed by atoms with Crippen LogP contribution in [-0.2, 0) is 17.1 Å². The van der Waals surface area contributed by atoms with Gasteiger partial charge in [-0.1, -0.05) is 29.8 Å². The number of Topliss-reactive ketones (excluding diaryl/α,β-unsaturated/α-hetero) is 1. The van der Waals surface area contributed by atoms with Crippen LogP contribution in [0.2, 0.25) is 5.02 Å². The highest BCUT2D eigenvalue weighted by Crippen LogP contribution is 2.51. The Morgan fingerprint density at radius 3 is 1.93 bits per heavy atom. The number of halogens is 14. The fraction of sp³-hybridized carbons (Fsp3) is 0.407. The van der Waals surface area contributed by atoms with Crippen LogP contribution in [0.4, 0.5) is 57.1 Å². The minimum atomic E-state index is -5.42. The predicted molar refractivity (Wildman–Crippen MR) is 130 cm³/mol. The molecule has 1 atom stereocenters. The van der Waals surface area contributed by atoms with Crippen LogP contribution in [-0.4, -0.2) is 42.5 Å². The van der Waals surface area contributed by atoms with Gasteiger partial charge in [0, 0.05) is 24.6 Å². The molecule has 0 radical (unpaired) electrons. The molecule has 0 aliphatic heterocycles. The summed E-state index contributed by atoms with van der Waals surface area (Å²) in [6.45, 7) is -1.68. The van der Waals surface area contributed by atoms with Crippen molar-refractivity contribution in [3.05, 3.63) is 75.3 Å². The Balaban J connectivity index is 1.99. The molecule has 44 heavy (non-hydrogen) atoms. The Labute approximate surface area is 245 Å². The van der Waals surface area contributed by atoms with E-state index in [9.17, 15) is 62.3 Å². The van der Waals surface area contributed by atoms with E-state index in [1.165, 1.54) is 0 Å². The lowest BCUT2D eigenvalue weighted by Crippen LogP contribution is -2.41. The number of amides is 1. The summed E-state index contributed by atoms with van der Waals surface area (Å²) < 4.78 is 176. The Morgan fingerprint density at radius 2 is 1.45 bits per heavy atom. The molecule has 1 amide bonds. The van der Waals surface area contributed by atoms with Gasteiger partial charge in [-0.25, -0.2) is 4.39 Å². The van der Waals surface area contributed by atoms with E-state index in [1.54, 1.807) is 0 Å². The van der Waals surface area contributed by atoms with Gasteiger partial charge in [-0.15, -0.1) is 0 Å². The van der Waals surface area contributed by atoms with Gasteiger partial charge >= 0.3 is 24.7 Å².